The number of anilines is 1. The Morgan fingerprint density at radius 3 is 2.43 bits per heavy atom. The summed E-state index contributed by atoms with van der Waals surface area (Å²) in [4.78, 5) is 16.6. The van der Waals surface area contributed by atoms with E-state index in [1.807, 2.05) is 39.0 Å². The highest BCUT2D eigenvalue weighted by molar-refractivity contribution is 6.30. The first kappa shape index (κ1) is 16.1. The molecule has 1 fully saturated rings. The number of hydrogen-bond donors (Lipinski definition) is 1. The smallest absolute Gasteiger partial charge is 0.237 e. The van der Waals surface area contributed by atoms with E-state index in [0.717, 1.165) is 36.9 Å². The van der Waals surface area contributed by atoms with Gasteiger partial charge in [-0.1, -0.05) is 17.7 Å². The first-order valence-electron chi connectivity index (χ1n) is 7.52. The molecule has 116 valence electrons. The lowest BCUT2D eigenvalue weighted by Crippen LogP contribution is -2.54. The van der Waals surface area contributed by atoms with Crippen LogP contribution >= 0.6 is 11.6 Å². The number of amides is 1. The van der Waals surface area contributed by atoms with Crippen LogP contribution in [0, 0.1) is 0 Å². The van der Waals surface area contributed by atoms with E-state index in [1.165, 1.54) is 0 Å². The van der Waals surface area contributed by atoms with Gasteiger partial charge >= 0.3 is 0 Å². The molecule has 0 radical (unpaired) electrons. The number of halogens is 1. The van der Waals surface area contributed by atoms with Gasteiger partial charge in [-0.05, 0) is 39.0 Å². The van der Waals surface area contributed by atoms with Crippen LogP contribution in [-0.4, -0.2) is 49.1 Å². The van der Waals surface area contributed by atoms with Crippen molar-refractivity contribution in [2.24, 2.45) is 0 Å². The molecule has 0 aromatic heterocycles. The van der Waals surface area contributed by atoms with E-state index in [4.69, 9.17) is 11.6 Å². The minimum atomic E-state index is -0.0751. The molecule has 1 heterocycles. The van der Waals surface area contributed by atoms with Crippen LogP contribution < -0.4 is 10.2 Å². The van der Waals surface area contributed by atoms with Gasteiger partial charge in [0.2, 0.25) is 5.91 Å². The van der Waals surface area contributed by atoms with Crippen molar-refractivity contribution in [2.45, 2.75) is 32.9 Å². The summed E-state index contributed by atoms with van der Waals surface area (Å²) in [5, 5.41) is 3.74. The van der Waals surface area contributed by atoms with Gasteiger partial charge < -0.3 is 10.2 Å². The monoisotopic (exact) mass is 309 g/mol. The van der Waals surface area contributed by atoms with Crippen molar-refractivity contribution < 1.29 is 4.79 Å². The Balaban J connectivity index is 1.89. The third kappa shape index (κ3) is 4.35. The van der Waals surface area contributed by atoms with Gasteiger partial charge in [-0.2, -0.15) is 0 Å². The molecule has 1 aliphatic heterocycles. The van der Waals surface area contributed by atoms with Crippen molar-refractivity contribution >= 4 is 23.2 Å². The fourth-order valence-electron chi connectivity index (χ4n) is 2.61. The molecule has 1 aromatic carbocycles. The van der Waals surface area contributed by atoms with E-state index in [2.05, 4.69) is 21.2 Å². The molecule has 2 rings (SSSR count). The average Bonchev–Trinajstić information content (AvgIpc) is 2.46. The predicted molar refractivity (Wildman–Crippen MR) is 88.0 cm³/mol. The number of nitrogens with zero attached hydrogens (tertiary/aromatic N) is 2. The van der Waals surface area contributed by atoms with Gasteiger partial charge in [-0.25, -0.2) is 0 Å². The molecule has 4 nitrogen and oxygen atoms in total. The summed E-state index contributed by atoms with van der Waals surface area (Å²) in [6.45, 7) is 9.56. The third-order valence-corrected chi connectivity index (χ3v) is 4.08. The fraction of sp³-hybridized carbons (Fsp3) is 0.562. The summed E-state index contributed by atoms with van der Waals surface area (Å²) in [5.74, 6) is 0.112. The molecule has 5 heteroatoms. The maximum Gasteiger partial charge on any atom is 0.237 e. The Morgan fingerprint density at radius 2 is 1.86 bits per heavy atom. The van der Waals surface area contributed by atoms with E-state index >= 15 is 0 Å². The van der Waals surface area contributed by atoms with Crippen molar-refractivity contribution in [3.05, 3.63) is 29.3 Å². The zero-order chi connectivity index (χ0) is 15.4. The minimum absolute atomic E-state index is 0.0751. The van der Waals surface area contributed by atoms with Gasteiger partial charge in [-0.15, -0.1) is 0 Å². The molecule has 0 saturated carbocycles. The standard InChI is InChI=1S/C16H24ClN3O/c1-12(2)18-16(21)13(3)19-7-9-20(10-8-19)15-6-4-5-14(17)11-15/h4-6,11-13H,7-10H2,1-3H3,(H,18,21). The summed E-state index contributed by atoms with van der Waals surface area (Å²) < 4.78 is 0. The van der Waals surface area contributed by atoms with Gasteiger partial charge in [0.25, 0.3) is 0 Å². The largest absolute Gasteiger partial charge is 0.369 e. The molecule has 1 aromatic rings. The summed E-state index contributed by atoms with van der Waals surface area (Å²) in [5.41, 5.74) is 1.15. The SMILES string of the molecule is CC(C)NC(=O)C(C)N1CCN(c2cccc(Cl)c2)CC1. The van der Waals surface area contributed by atoms with Crippen LogP contribution in [0.15, 0.2) is 24.3 Å². The molecular formula is C16H24ClN3O. The van der Waals surface area contributed by atoms with E-state index in [9.17, 15) is 4.79 Å². The van der Waals surface area contributed by atoms with Gasteiger partial charge in [-0.3, -0.25) is 9.69 Å². The number of nitrogens with one attached hydrogen (secondary N) is 1. The van der Waals surface area contributed by atoms with Crippen molar-refractivity contribution in [3.63, 3.8) is 0 Å². The number of benzene rings is 1. The zero-order valence-electron chi connectivity index (χ0n) is 13.0. The Hall–Kier alpha value is -1.26. The van der Waals surface area contributed by atoms with Gasteiger partial charge in [0, 0.05) is 42.9 Å². The van der Waals surface area contributed by atoms with Crippen LogP contribution in [0.2, 0.25) is 5.02 Å². The van der Waals surface area contributed by atoms with Crippen LogP contribution in [-0.2, 0) is 4.79 Å². The summed E-state index contributed by atoms with van der Waals surface area (Å²) >= 11 is 6.04. The van der Waals surface area contributed by atoms with Crippen molar-refractivity contribution in [1.82, 2.24) is 10.2 Å². The van der Waals surface area contributed by atoms with Gasteiger partial charge in [0.15, 0.2) is 0 Å². The molecule has 0 spiro atoms. The Labute approximate surface area is 132 Å². The highest BCUT2D eigenvalue weighted by Crippen LogP contribution is 2.21. The van der Waals surface area contributed by atoms with Crippen molar-refractivity contribution in [1.29, 1.82) is 0 Å². The maximum atomic E-state index is 12.1. The molecule has 21 heavy (non-hydrogen) atoms. The van der Waals surface area contributed by atoms with Crippen LogP contribution in [0.25, 0.3) is 0 Å². The molecule has 1 N–H and O–H groups in total. The van der Waals surface area contributed by atoms with E-state index in [1.54, 1.807) is 0 Å². The van der Waals surface area contributed by atoms with Gasteiger partial charge in [0.1, 0.15) is 0 Å². The first-order chi connectivity index (χ1) is 9.97. The van der Waals surface area contributed by atoms with Crippen LogP contribution in [0.4, 0.5) is 5.69 Å². The highest BCUT2D eigenvalue weighted by Gasteiger charge is 2.25. The number of piperazine rings is 1. The zero-order valence-corrected chi connectivity index (χ0v) is 13.7. The quantitative estimate of drug-likeness (QED) is 0.927. The molecule has 0 aliphatic carbocycles. The second-order valence-electron chi connectivity index (χ2n) is 5.84. The van der Waals surface area contributed by atoms with E-state index in [0.29, 0.717) is 0 Å². The van der Waals surface area contributed by atoms with Crippen molar-refractivity contribution in [3.8, 4) is 0 Å². The second kappa shape index (κ2) is 7.14. The number of rotatable bonds is 4. The second-order valence-corrected chi connectivity index (χ2v) is 6.28. The summed E-state index contributed by atoms with van der Waals surface area (Å²) in [7, 11) is 0. The topological polar surface area (TPSA) is 35.6 Å². The van der Waals surface area contributed by atoms with Crippen LogP contribution in [0.3, 0.4) is 0 Å². The number of carbonyl (C=O) groups excluding carboxylic acids is 1. The molecule has 1 amide bonds. The highest BCUT2D eigenvalue weighted by atomic mass is 35.5. The van der Waals surface area contributed by atoms with Crippen LogP contribution in [0.1, 0.15) is 20.8 Å². The molecule has 1 saturated heterocycles. The normalized spacial score (nSPS) is 17.9. The number of carbonyl (C=O) groups is 1. The van der Waals surface area contributed by atoms with E-state index in [-0.39, 0.29) is 18.0 Å². The molecule has 1 aliphatic rings. The minimum Gasteiger partial charge on any atom is -0.369 e. The lowest BCUT2D eigenvalue weighted by molar-refractivity contribution is -0.126. The Morgan fingerprint density at radius 1 is 1.19 bits per heavy atom. The molecular weight excluding hydrogens is 286 g/mol. The lowest BCUT2D eigenvalue weighted by Gasteiger charge is -2.38. The Kier molecular flexibility index (Phi) is 5.48. The third-order valence-electron chi connectivity index (χ3n) is 3.85. The van der Waals surface area contributed by atoms with Crippen LogP contribution in [0.5, 0.6) is 0 Å². The first-order valence-corrected chi connectivity index (χ1v) is 7.90. The fourth-order valence-corrected chi connectivity index (χ4v) is 2.80. The lowest BCUT2D eigenvalue weighted by atomic mass is 10.2. The van der Waals surface area contributed by atoms with Gasteiger partial charge in [0.05, 0.1) is 6.04 Å². The summed E-state index contributed by atoms with van der Waals surface area (Å²) in [6.07, 6.45) is 0. The summed E-state index contributed by atoms with van der Waals surface area (Å²) in [6, 6.07) is 8.05. The number of hydrogen-bond acceptors (Lipinski definition) is 3. The molecule has 1 atom stereocenters. The molecule has 1 unspecified atom stereocenters. The predicted octanol–water partition coefficient (Wildman–Crippen LogP) is 2.38. The van der Waals surface area contributed by atoms with E-state index < -0.39 is 0 Å². The Bertz CT molecular complexity index is 484. The average molecular weight is 310 g/mol. The maximum absolute atomic E-state index is 12.1. The molecule has 0 bridgehead atoms. The van der Waals surface area contributed by atoms with Crippen molar-refractivity contribution in [2.75, 3.05) is 31.1 Å².